The molecule has 6 heteroatoms. The van der Waals surface area contributed by atoms with E-state index in [4.69, 9.17) is 14.5 Å². The fourth-order valence-electron chi connectivity index (χ4n) is 4.66. The van der Waals surface area contributed by atoms with Gasteiger partial charge in [-0.25, -0.2) is 4.98 Å². The van der Waals surface area contributed by atoms with Gasteiger partial charge in [0.2, 0.25) is 6.79 Å². The molecular formula is C27H23N3O3. The quantitative estimate of drug-likeness (QED) is 0.473. The van der Waals surface area contributed by atoms with Crippen molar-refractivity contribution >= 4 is 28.3 Å². The highest BCUT2D eigenvalue weighted by atomic mass is 16.7. The van der Waals surface area contributed by atoms with Gasteiger partial charge in [0.15, 0.2) is 11.5 Å². The molecule has 0 saturated carbocycles. The van der Waals surface area contributed by atoms with Crippen LogP contribution >= 0.6 is 0 Å². The Hall–Kier alpha value is -4.06. The van der Waals surface area contributed by atoms with Crippen molar-refractivity contribution in [2.24, 2.45) is 5.92 Å². The molecule has 2 atom stereocenters. The standard InChI is InChI=1S/C27H23N3O3/c1-17(13-18-11-12-23-24(14-18)33-16-32-23)26-29-25-21(15-19-7-5-6-10-22(19)28-25)27(31)30(26)20-8-3-2-4-9-20/h2-12,14-15,17,26H,13,16H2,1H3,(H,28,29)/t17-,26-/m1/s1. The molecule has 1 aromatic heterocycles. The number of pyridine rings is 1. The molecule has 0 aliphatic carbocycles. The predicted octanol–water partition coefficient (Wildman–Crippen LogP) is 5.24. The number of ether oxygens (including phenoxy) is 2. The monoisotopic (exact) mass is 437 g/mol. The van der Waals surface area contributed by atoms with Gasteiger partial charge >= 0.3 is 0 Å². The largest absolute Gasteiger partial charge is 0.454 e. The molecule has 0 saturated heterocycles. The molecule has 3 heterocycles. The maximum Gasteiger partial charge on any atom is 0.263 e. The van der Waals surface area contributed by atoms with Gasteiger partial charge in [-0.15, -0.1) is 0 Å². The average molecular weight is 437 g/mol. The van der Waals surface area contributed by atoms with Gasteiger partial charge in [-0.1, -0.05) is 49.4 Å². The second kappa shape index (κ2) is 7.81. The highest BCUT2D eigenvalue weighted by Crippen LogP contribution is 2.36. The van der Waals surface area contributed by atoms with Gasteiger partial charge in [0.1, 0.15) is 12.0 Å². The van der Waals surface area contributed by atoms with Gasteiger partial charge in [-0.05, 0) is 54.3 Å². The lowest BCUT2D eigenvalue weighted by atomic mass is 9.94. The molecule has 1 N–H and O–H groups in total. The topological polar surface area (TPSA) is 63.7 Å². The minimum atomic E-state index is -0.258. The second-order valence-corrected chi connectivity index (χ2v) is 8.55. The molecule has 33 heavy (non-hydrogen) atoms. The number of rotatable bonds is 4. The SMILES string of the molecule is C[C@H](Cc1ccc2c(c1)OCO2)[C@@H]1Nc2nc3ccccc3cc2C(=O)N1c1ccccc1. The number of fused-ring (bicyclic) bond motifs is 3. The molecule has 0 fully saturated rings. The summed E-state index contributed by atoms with van der Waals surface area (Å²) in [6, 6.07) is 25.6. The van der Waals surface area contributed by atoms with Crippen LogP contribution in [0.5, 0.6) is 11.5 Å². The van der Waals surface area contributed by atoms with Crippen LogP contribution in [0.4, 0.5) is 11.5 Å². The number of benzene rings is 3. The first-order valence-electron chi connectivity index (χ1n) is 11.1. The predicted molar refractivity (Wildman–Crippen MR) is 128 cm³/mol. The highest BCUT2D eigenvalue weighted by molar-refractivity contribution is 6.13. The van der Waals surface area contributed by atoms with Crippen LogP contribution in [0.2, 0.25) is 0 Å². The summed E-state index contributed by atoms with van der Waals surface area (Å²) in [6.07, 6.45) is 0.500. The van der Waals surface area contributed by atoms with Crippen LogP contribution in [-0.2, 0) is 6.42 Å². The third kappa shape index (κ3) is 3.44. The minimum absolute atomic E-state index is 0.0456. The van der Waals surface area contributed by atoms with E-state index in [-0.39, 0.29) is 24.8 Å². The van der Waals surface area contributed by atoms with Crippen LogP contribution in [0.3, 0.4) is 0 Å². The van der Waals surface area contributed by atoms with E-state index in [0.717, 1.165) is 40.1 Å². The normalized spacial score (nSPS) is 17.5. The van der Waals surface area contributed by atoms with Crippen molar-refractivity contribution in [2.75, 3.05) is 17.0 Å². The van der Waals surface area contributed by atoms with Gasteiger partial charge in [-0.3, -0.25) is 9.69 Å². The lowest BCUT2D eigenvalue weighted by molar-refractivity contribution is 0.0966. The van der Waals surface area contributed by atoms with Gasteiger partial charge < -0.3 is 14.8 Å². The lowest BCUT2D eigenvalue weighted by Gasteiger charge is -2.40. The molecule has 6 nitrogen and oxygen atoms in total. The van der Waals surface area contributed by atoms with Crippen LogP contribution in [0.25, 0.3) is 10.9 Å². The summed E-state index contributed by atoms with van der Waals surface area (Å²) in [5, 5.41) is 4.53. The summed E-state index contributed by atoms with van der Waals surface area (Å²) >= 11 is 0. The number of carbonyl (C=O) groups is 1. The number of carbonyl (C=O) groups excluding carboxylic acids is 1. The number of hydrogen-bond donors (Lipinski definition) is 1. The summed E-state index contributed by atoms with van der Waals surface area (Å²) in [6.45, 7) is 2.41. The summed E-state index contributed by atoms with van der Waals surface area (Å²) in [5.41, 5.74) is 3.44. The molecule has 1 amide bonds. The fourth-order valence-corrected chi connectivity index (χ4v) is 4.66. The number of nitrogens with zero attached hydrogens (tertiary/aromatic N) is 2. The molecule has 2 aliphatic heterocycles. The molecular weight excluding hydrogens is 414 g/mol. The fraction of sp³-hybridized carbons (Fsp3) is 0.185. The van der Waals surface area contributed by atoms with Crippen LogP contribution in [0.15, 0.2) is 78.9 Å². The average Bonchev–Trinajstić information content (AvgIpc) is 3.31. The molecule has 0 bridgehead atoms. The van der Waals surface area contributed by atoms with E-state index in [0.29, 0.717) is 11.4 Å². The van der Waals surface area contributed by atoms with Crippen molar-refractivity contribution in [3.05, 3.63) is 90.0 Å². The van der Waals surface area contributed by atoms with Crippen molar-refractivity contribution in [3.8, 4) is 11.5 Å². The number of amides is 1. The summed E-state index contributed by atoms with van der Waals surface area (Å²) in [5.74, 6) is 2.22. The van der Waals surface area contributed by atoms with Crippen LogP contribution in [0.1, 0.15) is 22.8 Å². The van der Waals surface area contributed by atoms with E-state index in [1.807, 2.05) is 77.7 Å². The van der Waals surface area contributed by atoms with E-state index in [1.165, 1.54) is 0 Å². The van der Waals surface area contributed by atoms with E-state index >= 15 is 0 Å². The van der Waals surface area contributed by atoms with Gasteiger partial charge in [0, 0.05) is 11.1 Å². The molecule has 0 unspecified atom stereocenters. The van der Waals surface area contributed by atoms with Crippen molar-refractivity contribution < 1.29 is 14.3 Å². The first-order valence-corrected chi connectivity index (χ1v) is 11.1. The van der Waals surface area contributed by atoms with Gasteiger partial charge in [0.05, 0.1) is 11.1 Å². The third-order valence-corrected chi connectivity index (χ3v) is 6.30. The Morgan fingerprint density at radius 2 is 1.79 bits per heavy atom. The summed E-state index contributed by atoms with van der Waals surface area (Å²) in [7, 11) is 0. The van der Waals surface area contributed by atoms with E-state index in [2.05, 4.69) is 18.3 Å². The smallest absolute Gasteiger partial charge is 0.263 e. The van der Waals surface area contributed by atoms with E-state index in [1.54, 1.807) is 0 Å². The van der Waals surface area contributed by atoms with Gasteiger partial charge in [-0.2, -0.15) is 0 Å². The number of para-hydroxylation sites is 2. The number of aromatic nitrogens is 1. The van der Waals surface area contributed by atoms with Crippen molar-refractivity contribution in [1.29, 1.82) is 0 Å². The molecule has 164 valence electrons. The Balaban J connectivity index is 1.39. The zero-order chi connectivity index (χ0) is 22.4. The van der Waals surface area contributed by atoms with Crippen molar-refractivity contribution in [3.63, 3.8) is 0 Å². The van der Waals surface area contributed by atoms with Gasteiger partial charge in [0.25, 0.3) is 5.91 Å². The van der Waals surface area contributed by atoms with Crippen LogP contribution in [-0.4, -0.2) is 23.8 Å². The zero-order valence-electron chi connectivity index (χ0n) is 18.2. The summed E-state index contributed by atoms with van der Waals surface area (Å²) < 4.78 is 11.0. The van der Waals surface area contributed by atoms with Crippen LogP contribution < -0.4 is 19.7 Å². The first kappa shape index (κ1) is 19.6. The Morgan fingerprint density at radius 3 is 2.67 bits per heavy atom. The molecule has 0 spiro atoms. The van der Waals surface area contributed by atoms with Crippen molar-refractivity contribution in [2.45, 2.75) is 19.5 Å². The Labute approximate surface area is 191 Å². The number of anilines is 2. The maximum absolute atomic E-state index is 13.8. The van der Waals surface area contributed by atoms with E-state index < -0.39 is 0 Å². The Bertz CT molecular complexity index is 1360. The second-order valence-electron chi connectivity index (χ2n) is 8.55. The molecule has 4 aromatic rings. The molecule has 3 aromatic carbocycles. The number of hydrogen-bond acceptors (Lipinski definition) is 5. The van der Waals surface area contributed by atoms with Crippen LogP contribution in [0, 0.1) is 5.92 Å². The Kier molecular flexibility index (Phi) is 4.64. The third-order valence-electron chi connectivity index (χ3n) is 6.30. The molecule has 0 radical (unpaired) electrons. The minimum Gasteiger partial charge on any atom is -0.454 e. The molecule has 6 rings (SSSR count). The Morgan fingerprint density at radius 1 is 1.00 bits per heavy atom. The summed E-state index contributed by atoms with van der Waals surface area (Å²) in [4.78, 5) is 20.4. The highest BCUT2D eigenvalue weighted by Gasteiger charge is 2.37. The lowest BCUT2D eigenvalue weighted by Crippen LogP contribution is -2.53. The van der Waals surface area contributed by atoms with E-state index in [9.17, 15) is 4.79 Å². The van der Waals surface area contributed by atoms with Crippen molar-refractivity contribution in [1.82, 2.24) is 4.98 Å². The molecule has 2 aliphatic rings. The zero-order valence-corrected chi connectivity index (χ0v) is 18.2. The maximum atomic E-state index is 13.8. The number of nitrogens with one attached hydrogen (secondary N) is 1. The first-order chi connectivity index (χ1) is 16.2.